The van der Waals surface area contributed by atoms with Crippen LogP contribution in [0.4, 0.5) is 5.69 Å². The Hall–Kier alpha value is -4.30. The molecule has 0 aliphatic rings. The molecule has 0 spiro atoms. The average Bonchev–Trinajstić information content (AvgIpc) is 2.87. The maximum Gasteiger partial charge on any atom is 0.251 e. The molecule has 1 heterocycles. The number of nitrogens with zero attached hydrogens (tertiary/aromatic N) is 2. The van der Waals surface area contributed by atoms with Crippen molar-refractivity contribution in [2.75, 3.05) is 5.32 Å². The van der Waals surface area contributed by atoms with Crippen molar-refractivity contribution in [1.82, 2.24) is 15.3 Å². The SMILES string of the molecule is NC(=O)[C@@H](O)C(Cc1ccccc1)NC(=O)c1ccc(CNc2ccc3nccnc3c2)cc1. The van der Waals surface area contributed by atoms with Crippen LogP contribution in [-0.2, 0) is 17.8 Å². The van der Waals surface area contributed by atoms with Gasteiger partial charge in [-0.25, -0.2) is 0 Å². The lowest BCUT2D eigenvalue weighted by atomic mass is 10.00. The van der Waals surface area contributed by atoms with E-state index >= 15 is 0 Å². The van der Waals surface area contributed by atoms with E-state index in [-0.39, 0.29) is 6.42 Å². The quantitative estimate of drug-likeness (QED) is 0.307. The van der Waals surface area contributed by atoms with Crippen LogP contribution < -0.4 is 16.4 Å². The first-order chi connectivity index (χ1) is 16.5. The number of carbonyl (C=O) groups is 2. The van der Waals surface area contributed by atoms with Crippen LogP contribution in [0.5, 0.6) is 0 Å². The molecule has 0 saturated heterocycles. The van der Waals surface area contributed by atoms with E-state index in [1.807, 2.05) is 60.7 Å². The predicted molar refractivity (Wildman–Crippen MR) is 130 cm³/mol. The van der Waals surface area contributed by atoms with E-state index in [0.717, 1.165) is 27.8 Å². The van der Waals surface area contributed by atoms with Gasteiger partial charge in [0.2, 0.25) is 5.91 Å². The Balaban J connectivity index is 1.39. The lowest BCUT2D eigenvalue weighted by Gasteiger charge is -2.22. The summed E-state index contributed by atoms with van der Waals surface area (Å²) in [5.74, 6) is -1.28. The topological polar surface area (TPSA) is 130 Å². The third-order valence-corrected chi connectivity index (χ3v) is 5.47. The van der Waals surface area contributed by atoms with Crippen LogP contribution >= 0.6 is 0 Å². The number of aromatic nitrogens is 2. The first-order valence-electron chi connectivity index (χ1n) is 10.9. The van der Waals surface area contributed by atoms with Gasteiger partial charge in [0, 0.05) is 30.2 Å². The van der Waals surface area contributed by atoms with Crippen LogP contribution in [-0.4, -0.2) is 39.0 Å². The largest absolute Gasteiger partial charge is 0.381 e. The normalized spacial score (nSPS) is 12.6. The minimum absolute atomic E-state index is 0.273. The number of hydrogen-bond donors (Lipinski definition) is 4. The Morgan fingerprint density at radius 3 is 2.29 bits per heavy atom. The van der Waals surface area contributed by atoms with Gasteiger partial charge >= 0.3 is 0 Å². The van der Waals surface area contributed by atoms with E-state index < -0.39 is 24.0 Å². The second-order valence-corrected chi connectivity index (χ2v) is 7.93. The summed E-state index contributed by atoms with van der Waals surface area (Å²) in [4.78, 5) is 32.9. The second kappa shape index (κ2) is 10.5. The third-order valence-electron chi connectivity index (χ3n) is 5.47. The van der Waals surface area contributed by atoms with Gasteiger partial charge in [-0.05, 0) is 47.9 Å². The third kappa shape index (κ3) is 5.73. The number of benzene rings is 3. The molecule has 1 unspecified atom stereocenters. The van der Waals surface area contributed by atoms with Gasteiger partial charge < -0.3 is 21.5 Å². The zero-order chi connectivity index (χ0) is 23.9. The van der Waals surface area contributed by atoms with Gasteiger partial charge in [0.25, 0.3) is 5.91 Å². The highest BCUT2D eigenvalue weighted by atomic mass is 16.3. The Kier molecular flexibility index (Phi) is 7.10. The molecular formula is C26H25N5O3. The zero-order valence-electron chi connectivity index (χ0n) is 18.4. The van der Waals surface area contributed by atoms with Crippen LogP contribution in [0.2, 0.25) is 0 Å². The van der Waals surface area contributed by atoms with E-state index in [1.165, 1.54) is 0 Å². The Labute approximate surface area is 196 Å². The molecule has 0 fully saturated rings. The first-order valence-corrected chi connectivity index (χ1v) is 10.9. The molecule has 0 saturated carbocycles. The zero-order valence-corrected chi connectivity index (χ0v) is 18.4. The molecule has 8 heteroatoms. The van der Waals surface area contributed by atoms with Crippen LogP contribution in [0.15, 0.2) is 85.2 Å². The highest BCUT2D eigenvalue weighted by Gasteiger charge is 2.26. The molecule has 5 N–H and O–H groups in total. The molecule has 2 atom stereocenters. The van der Waals surface area contributed by atoms with Crippen LogP contribution in [0.3, 0.4) is 0 Å². The van der Waals surface area contributed by atoms with E-state index in [4.69, 9.17) is 5.73 Å². The number of anilines is 1. The van der Waals surface area contributed by atoms with Crippen LogP contribution in [0, 0.1) is 0 Å². The average molecular weight is 456 g/mol. The van der Waals surface area contributed by atoms with Gasteiger partial charge in [-0.2, -0.15) is 0 Å². The van der Waals surface area contributed by atoms with Crippen molar-refractivity contribution in [1.29, 1.82) is 0 Å². The number of nitrogens with two attached hydrogens (primary N) is 1. The summed E-state index contributed by atoms with van der Waals surface area (Å²) in [5.41, 5.74) is 10.1. The summed E-state index contributed by atoms with van der Waals surface area (Å²) in [6, 6.07) is 21.3. The van der Waals surface area contributed by atoms with E-state index in [0.29, 0.717) is 12.1 Å². The van der Waals surface area contributed by atoms with Crippen LogP contribution in [0.1, 0.15) is 21.5 Å². The number of rotatable bonds is 9. The number of fused-ring (bicyclic) bond motifs is 1. The Morgan fingerprint density at radius 1 is 0.882 bits per heavy atom. The minimum atomic E-state index is -1.50. The van der Waals surface area contributed by atoms with E-state index in [1.54, 1.807) is 24.5 Å². The van der Waals surface area contributed by atoms with Crippen molar-refractivity contribution < 1.29 is 14.7 Å². The predicted octanol–water partition coefficient (Wildman–Crippen LogP) is 2.43. The number of amides is 2. The maximum absolute atomic E-state index is 12.8. The van der Waals surface area contributed by atoms with Crippen LogP contribution in [0.25, 0.3) is 11.0 Å². The smallest absolute Gasteiger partial charge is 0.251 e. The number of nitrogens with one attached hydrogen (secondary N) is 2. The fourth-order valence-corrected chi connectivity index (χ4v) is 3.61. The van der Waals surface area contributed by atoms with Gasteiger partial charge in [0.1, 0.15) is 0 Å². The molecule has 0 bridgehead atoms. The number of aliphatic hydroxyl groups excluding tert-OH is 1. The number of primary amides is 1. The molecule has 8 nitrogen and oxygen atoms in total. The highest BCUT2D eigenvalue weighted by molar-refractivity contribution is 5.95. The summed E-state index contributed by atoms with van der Waals surface area (Å²) in [6.45, 7) is 0.560. The Bertz CT molecular complexity index is 1280. The molecule has 1 aromatic heterocycles. The van der Waals surface area contributed by atoms with E-state index in [9.17, 15) is 14.7 Å². The van der Waals surface area contributed by atoms with Crippen molar-refractivity contribution in [3.8, 4) is 0 Å². The first kappa shape index (κ1) is 22.9. The van der Waals surface area contributed by atoms with E-state index in [2.05, 4.69) is 20.6 Å². The summed E-state index contributed by atoms with van der Waals surface area (Å²) in [7, 11) is 0. The molecule has 4 rings (SSSR count). The van der Waals surface area contributed by atoms with Gasteiger partial charge in [-0.1, -0.05) is 42.5 Å². The van der Waals surface area contributed by atoms with Gasteiger partial charge in [-0.3, -0.25) is 19.6 Å². The molecule has 0 aliphatic carbocycles. The van der Waals surface area contributed by atoms with Gasteiger partial charge in [-0.15, -0.1) is 0 Å². The van der Waals surface area contributed by atoms with Crippen molar-refractivity contribution in [3.63, 3.8) is 0 Å². The molecular weight excluding hydrogens is 430 g/mol. The summed E-state index contributed by atoms with van der Waals surface area (Å²) < 4.78 is 0. The number of carbonyl (C=O) groups excluding carboxylic acids is 2. The lowest BCUT2D eigenvalue weighted by molar-refractivity contribution is -0.127. The molecule has 3 aromatic carbocycles. The highest BCUT2D eigenvalue weighted by Crippen LogP contribution is 2.16. The molecule has 34 heavy (non-hydrogen) atoms. The van der Waals surface area contributed by atoms with Crippen molar-refractivity contribution >= 4 is 28.5 Å². The number of hydrogen-bond acceptors (Lipinski definition) is 6. The molecule has 0 aliphatic heterocycles. The van der Waals surface area contributed by atoms with Crippen molar-refractivity contribution in [3.05, 3.63) is 102 Å². The summed E-state index contributed by atoms with van der Waals surface area (Å²) >= 11 is 0. The maximum atomic E-state index is 12.8. The fourth-order valence-electron chi connectivity index (χ4n) is 3.61. The lowest BCUT2D eigenvalue weighted by Crippen LogP contribution is -2.50. The second-order valence-electron chi connectivity index (χ2n) is 7.93. The standard InChI is InChI=1S/C26H25N5O3/c27-25(33)24(32)23(14-17-4-2-1-3-5-17)31-26(34)19-8-6-18(7-9-19)16-30-20-10-11-21-22(15-20)29-13-12-28-21/h1-13,15,23-24,30,32H,14,16H2,(H2,27,33)(H,31,34)/t23?,24-/m0/s1. The summed E-state index contributed by atoms with van der Waals surface area (Å²) in [5, 5.41) is 16.3. The monoisotopic (exact) mass is 455 g/mol. The Morgan fingerprint density at radius 2 is 1.59 bits per heavy atom. The minimum Gasteiger partial charge on any atom is -0.381 e. The van der Waals surface area contributed by atoms with Crippen molar-refractivity contribution in [2.24, 2.45) is 5.73 Å². The van der Waals surface area contributed by atoms with Gasteiger partial charge in [0.15, 0.2) is 6.10 Å². The molecule has 2 amide bonds. The molecule has 0 radical (unpaired) electrons. The molecule has 172 valence electrons. The van der Waals surface area contributed by atoms with Gasteiger partial charge in [0.05, 0.1) is 17.1 Å². The fraction of sp³-hybridized carbons (Fsp3) is 0.154. The van der Waals surface area contributed by atoms with Crippen molar-refractivity contribution in [2.45, 2.75) is 25.1 Å². The summed E-state index contributed by atoms with van der Waals surface area (Å²) in [6.07, 6.45) is 2.09. The molecule has 4 aromatic rings. The number of aliphatic hydroxyl groups is 1.